The van der Waals surface area contributed by atoms with E-state index in [1.165, 1.54) is 0 Å². The maximum atomic E-state index is 11.1. The average Bonchev–Trinajstić information content (AvgIpc) is 2.29. The van der Waals surface area contributed by atoms with Gasteiger partial charge in [0.1, 0.15) is 0 Å². The molecule has 0 atom stereocenters. The van der Waals surface area contributed by atoms with E-state index in [1.807, 2.05) is 0 Å². The minimum atomic E-state index is -0.982. The Kier molecular flexibility index (Phi) is 3.43. The summed E-state index contributed by atoms with van der Waals surface area (Å²) in [6.07, 6.45) is 3.13. The Hall–Kier alpha value is -1.75. The van der Waals surface area contributed by atoms with Crippen LogP contribution in [0.1, 0.15) is 29.6 Å². The molecule has 98 valence electrons. The Morgan fingerprint density at radius 2 is 2.28 bits per heavy atom. The molecule has 0 aliphatic heterocycles. The Labute approximate surface area is 106 Å². The number of nitrogen functional groups attached to an aromatic ring is 1. The molecular weight excluding hydrogens is 232 g/mol. The van der Waals surface area contributed by atoms with Gasteiger partial charge in [-0.15, -0.1) is 0 Å². The maximum absolute atomic E-state index is 11.1. The number of para-hydroxylation sites is 1. The summed E-state index contributed by atoms with van der Waals surface area (Å²) in [6.45, 7) is 0.581. The van der Waals surface area contributed by atoms with Gasteiger partial charge in [0.05, 0.1) is 22.5 Å². The van der Waals surface area contributed by atoms with E-state index < -0.39 is 5.97 Å². The molecule has 0 radical (unpaired) electrons. The fourth-order valence-electron chi connectivity index (χ4n) is 2.22. The number of carboxylic acid groups (broad SMARTS) is 1. The summed E-state index contributed by atoms with van der Waals surface area (Å²) in [7, 11) is 1.69. The number of ether oxygens (including phenoxy) is 1. The highest BCUT2D eigenvalue weighted by Crippen LogP contribution is 2.36. The van der Waals surface area contributed by atoms with Crippen LogP contribution in [0.3, 0.4) is 0 Å². The van der Waals surface area contributed by atoms with Gasteiger partial charge in [0, 0.05) is 13.7 Å². The zero-order valence-corrected chi connectivity index (χ0v) is 10.4. The Morgan fingerprint density at radius 1 is 1.56 bits per heavy atom. The summed E-state index contributed by atoms with van der Waals surface area (Å²) in [4.78, 5) is 11.1. The molecule has 0 unspecified atom stereocenters. The van der Waals surface area contributed by atoms with E-state index in [0.29, 0.717) is 17.9 Å². The molecule has 1 aliphatic carbocycles. The highest BCUT2D eigenvalue weighted by molar-refractivity contribution is 5.97. The zero-order chi connectivity index (χ0) is 13.2. The number of benzene rings is 1. The van der Waals surface area contributed by atoms with Gasteiger partial charge < -0.3 is 20.9 Å². The first-order chi connectivity index (χ1) is 8.58. The van der Waals surface area contributed by atoms with Crippen LogP contribution >= 0.6 is 0 Å². The summed E-state index contributed by atoms with van der Waals surface area (Å²) in [5.41, 5.74) is 6.77. The van der Waals surface area contributed by atoms with E-state index in [0.717, 1.165) is 19.3 Å². The minimum absolute atomic E-state index is 0.169. The van der Waals surface area contributed by atoms with Gasteiger partial charge in [0.25, 0.3) is 0 Å². The first-order valence-corrected chi connectivity index (χ1v) is 5.99. The fourth-order valence-corrected chi connectivity index (χ4v) is 2.22. The van der Waals surface area contributed by atoms with Crippen molar-refractivity contribution in [1.29, 1.82) is 0 Å². The van der Waals surface area contributed by atoms with Crippen LogP contribution in [0.15, 0.2) is 18.2 Å². The second-order valence-corrected chi connectivity index (χ2v) is 4.67. The quantitative estimate of drug-likeness (QED) is 0.695. The van der Waals surface area contributed by atoms with Crippen LogP contribution in [0.2, 0.25) is 0 Å². The first-order valence-electron chi connectivity index (χ1n) is 5.99. The standard InChI is InChI=1S/C13H18N2O3/c1-18-13(6-3-7-13)8-15-11-9(12(16)17)4-2-5-10(11)14/h2,4-5,15H,3,6-8,14H2,1H3,(H,16,17). The molecule has 0 aromatic heterocycles. The van der Waals surface area contributed by atoms with Crippen molar-refractivity contribution < 1.29 is 14.6 Å². The van der Waals surface area contributed by atoms with Gasteiger partial charge in [0.2, 0.25) is 0 Å². The summed E-state index contributed by atoms with van der Waals surface area (Å²) < 4.78 is 5.48. The van der Waals surface area contributed by atoms with Crippen molar-refractivity contribution >= 4 is 17.3 Å². The van der Waals surface area contributed by atoms with Gasteiger partial charge in [-0.25, -0.2) is 4.79 Å². The Morgan fingerprint density at radius 3 is 2.78 bits per heavy atom. The number of aromatic carboxylic acids is 1. The predicted molar refractivity (Wildman–Crippen MR) is 69.9 cm³/mol. The molecule has 0 amide bonds. The number of carboxylic acids is 1. The van der Waals surface area contributed by atoms with Crippen molar-refractivity contribution in [1.82, 2.24) is 0 Å². The fraction of sp³-hybridized carbons (Fsp3) is 0.462. The molecule has 1 aromatic rings. The monoisotopic (exact) mass is 250 g/mol. The molecule has 1 aliphatic rings. The van der Waals surface area contributed by atoms with Gasteiger partial charge >= 0.3 is 5.97 Å². The summed E-state index contributed by atoms with van der Waals surface area (Å²) in [5.74, 6) is -0.982. The SMILES string of the molecule is COC1(CNc2c(N)cccc2C(=O)O)CCC1. The molecule has 5 nitrogen and oxygen atoms in total. The van der Waals surface area contributed by atoms with Crippen LogP contribution in [0.5, 0.6) is 0 Å². The van der Waals surface area contributed by atoms with Gasteiger partial charge in [0.15, 0.2) is 0 Å². The van der Waals surface area contributed by atoms with Crippen molar-refractivity contribution in [3.8, 4) is 0 Å². The normalized spacial score (nSPS) is 16.9. The van der Waals surface area contributed by atoms with E-state index in [9.17, 15) is 4.79 Å². The third-order valence-electron chi connectivity index (χ3n) is 3.61. The van der Waals surface area contributed by atoms with Crippen molar-refractivity contribution in [2.24, 2.45) is 0 Å². The number of anilines is 2. The number of hydrogen-bond acceptors (Lipinski definition) is 4. The van der Waals surface area contributed by atoms with Gasteiger partial charge in [-0.3, -0.25) is 0 Å². The van der Waals surface area contributed by atoms with Crippen LogP contribution in [-0.4, -0.2) is 30.3 Å². The summed E-state index contributed by atoms with van der Waals surface area (Å²) in [6, 6.07) is 4.87. The predicted octanol–water partition coefficient (Wildman–Crippen LogP) is 1.95. The number of carbonyl (C=O) groups is 1. The number of rotatable bonds is 5. The number of nitrogens with one attached hydrogen (secondary N) is 1. The van der Waals surface area contributed by atoms with Crippen LogP contribution < -0.4 is 11.1 Å². The third-order valence-corrected chi connectivity index (χ3v) is 3.61. The smallest absolute Gasteiger partial charge is 0.337 e. The first kappa shape index (κ1) is 12.7. The number of hydrogen-bond donors (Lipinski definition) is 3. The summed E-state index contributed by atoms with van der Waals surface area (Å²) >= 11 is 0. The van der Waals surface area contributed by atoms with Crippen molar-refractivity contribution in [2.45, 2.75) is 24.9 Å². The van der Waals surface area contributed by atoms with Crippen LogP contribution in [0.25, 0.3) is 0 Å². The largest absolute Gasteiger partial charge is 0.478 e. The van der Waals surface area contributed by atoms with Crippen molar-refractivity contribution in [3.05, 3.63) is 23.8 Å². The van der Waals surface area contributed by atoms with Crippen LogP contribution in [0.4, 0.5) is 11.4 Å². The summed E-state index contributed by atoms with van der Waals surface area (Å²) in [5, 5.41) is 12.2. The van der Waals surface area contributed by atoms with Gasteiger partial charge in [-0.05, 0) is 31.4 Å². The molecule has 18 heavy (non-hydrogen) atoms. The molecule has 0 heterocycles. The van der Waals surface area contributed by atoms with Crippen LogP contribution in [0, 0.1) is 0 Å². The lowest BCUT2D eigenvalue weighted by molar-refractivity contribution is -0.0601. The minimum Gasteiger partial charge on any atom is -0.478 e. The topological polar surface area (TPSA) is 84.6 Å². The maximum Gasteiger partial charge on any atom is 0.337 e. The second-order valence-electron chi connectivity index (χ2n) is 4.67. The molecule has 0 saturated heterocycles. The molecular formula is C13H18N2O3. The van der Waals surface area contributed by atoms with E-state index in [2.05, 4.69) is 5.32 Å². The van der Waals surface area contributed by atoms with Crippen LogP contribution in [-0.2, 0) is 4.74 Å². The van der Waals surface area contributed by atoms with Gasteiger partial charge in [-0.1, -0.05) is 6.07 Å². The van der Waals surface area contributed by atoms with Crippen molar-refractivity contribution in [3.63, 3.8) is 0 Å². The molecule has 1 aromatic carbocycles. The van der Waals surface area contributed by atoms with E-state index in [-0.39, 0.29) is 11.2 Å². The molecule has 0 bridgehead atoms. The van der Waals surface area contributed by atoms with E-state index in [1.54, 1.807) is 25.3 Å². The molecule has 4 N–H and O–H groups in total. The Balaban J connectivity index is 2.15. The number of methoxy groups -OCH3 is 1. The Bertz CT molecular complexity index is 450. The highest BCUT2D eigenvalue weighted by Gasteiger charge is 2.37. The van der Waals surface area contributed by atoms with Crippen molar-refractivity contribution in [2.75, 3.05) is 24.7 Å². The number of nitrogens with two attached hydrogens (primary N) is 1. The molecule has 1 saturated carbocycles. The molecule has 0 spiro atoms. The van der Waals surface area contributed by atoms with E-state index >= 15 is 0 Å². The average molecular weight is 250 g/mol. The lowest BCUT2D eigenvalue weighted by Crippen LogP contribution is -2.45. The molecule has 1 fully saturated rings. The third kappa shape index (κ3) is 2.26. The molecule has 5 heteroatoms. The van der Waals surface area contributed by atoms with E-state index in [4.69, 9.17) is 15.6 Å². The lowest BCUT2D eigenvalue weighted by atomic mass is 9.80. The highest BCUT2D eigenvalue weighted by atomic mass is 16.5. The lowest BCUT2D eigenvalue weighted by Gasteiger charge is -2.40. The van der Waals surface area contributed by atoms with Gasteiger partial charge in [-0.2, -0.15) is 0 Å². The zero-order valence-electron chi connectivity index (χ0n) is 10.4. The molecule has 2 rings (SSSR count). The second kappa shape index (κ2) is 4.86.